The van der Waals surface area contributed by atoms with Crippen LogP contribution in [-0.4, -0.2) is 29.4 Å². The van der Waals surface area contributed by atoms with Gasteiger partial charge in [0.25, 0.3) is 0 Å². The fourth-order valence-corrected chi connectivity index (χ4v) is 4.09. The van der Waals surface area contributed by atoms with E-state index in [2.05, 4.69) is 0 Å². The van der Waals surface area contributed by atoms with Gasteiger partial charge in [0.05, 0.1) is 18.2 Å². The molecule has 0 saturated carbocycles. The van der Waals surface area contributed by atoms with E-state index in [-0.39, 0.29) is 11.5 Å². The van der Waals surface area contributed by atoms with Crippen molar-refractivity contribution in [2.45, 2.75) is 38.5 Å². The molecule has 0 unspecified atom stereocenters. The molecule has 0 aliphatic rings. The summed E-state index contributed by atoms with van der Waals surface area (Å²) in [5, 5.41) is 20.3. The number of carbonyl (C=O) groups is 1. The van der Waals surface area contributed by atoms with Crippen molar-refractivity contribution < 1.29 is 29.2 Å². The van der Waals surface area contributed by atoms with Crippen LogP contribution in [0.1, 0.15) is 44.1 Å². The number of benzene rings is 3. The Hall–Kier alpha value is -3.06. The number of hydrogen-bond acceptors (Lipinski definition) is 6. The zero-order valence-electron chi connectivity index (χ0n) is 20.7. The highest BCUT2D eigenvalue weighted by molar-refractivity contribution is 6.35. The number of halogens is 3. The van der Waals surface area contributed by atoms with E-state index < -0.39 is 5.97 Å². The van der Waals surface area contributed by atoms with E-state index in [1.54, 1.807) is 42.5 Å². The zero-order chi connectivity index (χ0) is 27.3. The van der Waals surface area contributed by atoms with Crippen LogP contribution in [0.3, 0.4) is 0 Å². The molecule has 0 saturated heterocycles. The number of ether oxygens (including phenoxy) is 3. The summed E-state index contributed by atoms with van der Waals surface area (Å²) >= 11 is 18.3. The smallest absolute Gasteiger partial charge is 0.330 e. The summed E-state index contributed by atoms with van der Waals surface area (Å²) in [5.74, 6) is 0.638. The molecule has 202 valence electrons. The van der Waals surface area contributed by atoms with Crippen molar-refractivity contribution >= 4 is 46.8 Å². The lowest BCUT2D eigenvalue weighted by Gasteiger charge is -2.14. The number of esters is 1. The average molecular weight is 580 g/mol. The average Bonchev–Trinajstić information content (AvgIpc) is 2.88. The minimum atomic E-state index is -0.447. The third-order valence-electron chi connectivity index (χ3n) is 5.47. The minimum Gasteiger partial charge on any atom is -0.504 e. The van der Waals surface area contributed by atoms with E-state index in [0.717, 1.165) is 38.5 Å². The van der Waals surface area contributed by atoms with Gasteiger partial charge in [-0.25, -0.2) is 4.79 Å². The fourth-order valence-electron chi connectivity index (χ4n) is 3.48. The molecule has 0 fully saturated rings. The van der Waals surface area contributed by atoms with Gasteiger partial charge in [-0.3, -0.25) is 0 Å². The zero-order valence-corrected chi connectivity index (χ0v) is 22.9. The molecule has 0 aliphatic carbocycles. The first kappa shape index (κ1) is 29.5. The Kier molecular flexibility index (Phi) is 11.9. The van der Waals surface area contributed by atoms with E-state index in [1.165, 1.54) is 24.3 Å². The van der Waals surface area contributed by atoms with Gasteiger partial charge >= 0.3 is 5.97 Å². The van der Waals surface area contributed by atoms with Crippen molar-refractivity contribution in [3.63, 3.8) is 0 Å². The maximum absolute atomic E-state index is 11.8. The summed E-state index contributed by atoms with van der Waals surface area (Å²) in [6.07, 6.45) is 8.51. The molecule has 3 aromatic rings. The second kappa shape index (κ2) is 15.4. The lowest BCUT2D eigenvalue weighted by atomic mass is 10.1. The highest BCUT2D eigenvalue weighted by Gasteiger charge is 2.10. The van der Waals surface area contributed by atoms with Gasteiger partial charge in [-0.1, -0.05) is 66.6 Å². The molecule has 38 heavy (non-hydrogen) atoms. The second-order valence-corrected chi connectivity index (χ2v) is 9.77. The van der Waals surface area contributed by atoms with Crippen LogP contribution < -0.4 is 9.47 Å². The highest BCUT2D eigenvalue weighted by Crippen LogP contribution is 2.37. The van der Waals surface area contributed by atoms with Gasteiger partial charge in [-0.05, 0) is 66.9 Å². The predicted octanol–water partition coefficient (Wildman–Crippen LogP) is 8.83. The van der Waals surface area contributed by atoms with Crippen LogP contribution >= 0.6 is 34.8 Å². The third kappa shape index (κ3) is 10.0. The molecular formula is C29H29Cl3O6. The summed E-state index contributed by atoms with van der Waals surface area (Å²) in [7, 11) is 0. The molecule has 0 spiro atoms. The number of aromatic hydroxyl groups is 2. The Morgan fingerprint density at radius 2 is 1.37 bits per heavy atom. The number of carbonyl (C=O) groups excluding carboxylic acids is 1. The van der Waals surface area contributed by atoms with Gasteiger partial charge in [0.15, 0.2) is 23.0 Å². The maximum atomic E-state index is 11.8. The number of phenolic OH excluding ortho intramolecular Hbond substituents is 2. The number of rotatable bonds is 14. The van der Waals surface area contributed by atoms with Crippen molar-refractivity contribution in [2.24, 2.45) is 0 Å². The Morgan fingerprint density at radius 1 is 0.711 bits per heavy atom. The summed E-state index contributed by atoms with van der Waals surface area (Å²) in [6.45, 7) is 0.871. The van der Waals surface area contributed by atoms with Crippen molar-refractivity contribution in [3.05, 3.63) is 81.3 Å². The standard InChI is InChI=1S/C29H29Cl3O6/c30-21-9-12-26(23(32)18-21)38-27-13-10-22(31)19-28(27)36-15-5-3-1-2-4-6-16-37-29(35)14-8-20-7-11-24(33)25(34)17-20/h7-14,17-19,33-34H,1-6,15-16H2/b14-8+. The van der Waals surface area contributed by atoms with Crippen LogP contribution in [0.5, 0.6) is 28.7 Å². The Balaban J connectivity index is 1.28. The first-order valence-electron chi connectivity index (χ1n) is 12.2. The lowest BCUT2D eigenvalue weighted by molar-refractivity contribution is -0.137. The molecule has 3 rings (SSSR count). The van der Waals surface area contributed by atoms with Crippen molar-refractivity contribution in [2.75, 3.05) is 13.2 Å². The van der Waals surface area contributed by atoms with Crippen LogP contribution in [0, 0.1) is 0 Å². The van der Waals surface area contributed by atoms with Crippen LogP contribution in [0.2, 0.25) is 15.1 Å². The first-order valence-corrected chi connectivity index (χ1v) is 13.4. The Morgan fingerprint density at radius 3 is 2.08 bits per heavy atom. The van der Waals surface area contributed by atoms with Crippen LogP contribution in [0.25, 0.3) is 6.08 Å². The van der Waals surface area contributed by atoms with Gasteiger partial charge in [-0.2, -0.15) is 0 Å². The summed E-state index contributed by atoms with van der Waals surface area (Å²) in [6, 6.07) is 14.5. The minimum absolute atomic E-state index is 0.210. The largest absolute Gasteiger partial charge is 0.504 e. The molecule has 0 heterocycles. The van der Waals surface area contributed by atoms with E-state index >= 15 is 0 Å². The molecule has 0 bridgehead atoms. The lowest BCUT2D eigenvalue weighted by Crippen LogP contribution is -2.02. The van der Waals surface area contributed by atoms with Gasteiger partial charge in [-0.15, -0.1) is 0 Å². The Bertz CT molecular complexity index is 1240. The number of phenols is 2. The first-order chi connectivity index (χ1) is 18.3. The van der Waals surface area contributed by atoms with Gasteiger partial charge in [0.1, 0.15) is 5.75 Å². The normalized spacial score (nSPS) is 11.0. The van der Waals surface area contributed by atoms with E-state index in [9.17, 15) is 15.0 Å². The van der Waals surface area contributed by atoms with E-state index in [0.29, 0.717) is 51.1 Å². The second-order valence-electron chi connectivity index (χ2n) is 8.49. The molecule has 0 radical (unpaired) electrons. The summed E-state index contributed by atoms with van der Waals surface area (Å²) in [5.41, 5.74) is 0.589. The van der Waals surface area contributed by atoms with E-state index in [4.69, 9.17) is 49.0 Å². The Labute approximate surface area is 237 Å². The van der Waals surface area contributed by atoms with Crippen LogP contribution in [-0.2, 0) is 9.53 Å². The maximum Gasteiger partial charge on any atom is 0.330 e. The summed E-state index contributed by atoms with van der Waals surface area (Å²) in [4.78, 5) is 11.8. The molecule has 0 aromatic heterocycles. The quantitative estimate of drug-likeness (QED) is 0.0859. The topological polar surface area (TPSA) is 85.2 Å². The van der Waals surface area contributed by atoms with Gasteiger partial charge < -0.3 is 24.4 Å². The van der Waals surface area contributed by atoms with E-state index in [1.807, 2.05) is 0 Å². The fraction of sp³-hybridized carbons (Fsp3) is 0.276. The number of unbranched alkanes of at least 4 members (excludes halogenated alkanes) is 5. The number of hydrogen-bond donors (Lipinski definition) is 2. The predicted molar refractivity (Wildman–Crippen MR) is 151 cm³/mol. The van der Waals surface area contributed by atoms with Crippen LogP contribution in [0.4, 0.5) is 0 Å². The van der Waals surface area contributed by atoms with Crippen molar-refractivity contribution in [3.8, 4) is 28.7 Å². The molecule has 0 atom stereocenters. The summed E-state index contributed by atoms with van der Waals surface area (Å²) < 4.78 is 17.0. The van der Waals surface area contributed by atoms with Crippen molar-refractivity contribution in [1.29, 1.82) is 0 Å². The van der Waals surface area contributed by atoms with Gasteiger partial charge in [0, 0.05) is 22.2 Å². The monoisotopic (exact) mass is 578 g/mol. The highest BCUT2D eigenvalue weighted by atomic mass is 35.5. The third-order valence-corrected chi connectivity index (χ3v) is 6.24. The molecule has 0 amide bonds. The molecule has 0 aliphatic heterocycles. The van der Waals surface area contributed by atoms with Gasteiger partial charge in [0.2, 0.25) is 0 Å². The molecule has 9 heteroatoms. The molecular weight excluding hydrogens is 551 g/mol. The SMILES string of the molecule is O=C(/C=C/c1ccc(O)c(O)c1)OCCCCCCCCOc1cc(Cl)ccc1Oc1ccc(Cl)cc1Cl. The van der Waals surface area contributed by atoms with Crippen LogP contribution in [0.15, 0.2) is 60.7 Å². The van der Waals surface area contributed by atoms with Crippen molar-refractivity contribution in [1.82, 2.24) is 0 Å². The molecule has 2 N–H and O–H groups in total. The molecule has 3 aromatic carbocycles. The molecule has 6 nitrogen and oxygen atoms in total.